The molecule has 0 bridgehead atoms. The van der Waals surface area contributed by atoms with Crippen molar-refractivity contribution in [1.29, 1.82) is 0 Å². The summed E-state index contributed by atoms with van der Waals surface area (Å²) in [7, 11) is 0. The molecule has 1 aromatic heterocycles. The number of hydrogen-bond donors (Lipinski definition) is 1. The van der Waals surface area contributed by atoms with E-state index in [1.165, 1.54) is 0 Å². The summed E-state index contributed by atoms with van der Waals surface area (Å²) in [5, 5.41) is 5.36. The van der Waals surface area contributed by atoms with E-state index in [9.17, 15) is 0 Å². The first-order chi connectivity index (χ1) is 8.60. The maximum Gasteiger partial charge on any atom is 0.0832 e. The molecule has 0 aliphatic rings. The molecule has 2 aromatic rings. The fourth-order valence-corrected chi connectivity index (χ4v) is 2.17. The van der Waals surface area contributed by atoms with Crippen LogP contribution < -0.4 is 5.73 Å². The first-order valence-corrected chi connectivity index (χ1v) is 6.60. The maximum absolute atomic E-state index is 6.26. The number of nitrogens with two attached hydrogens (primary N) is 1. The average molecular weight is 284 g/mol. The lowest BCUT2D eigenvalue weighted by molar-refractivity contribution is 0.646. The summed E-state index contributed by atoms with van der Waals surface area (Å²) in [5.74, 6) is 0. The van der Waals surface area contributed by atoms with Crippen LogP contribution in [0, 0.1) is 0 Å². The Hall–Kier alpha value is -1.03. The van der Waals surface area contributed by atoms with Crippen molar-refractivity contribution in [2.45, 2.75) is 25.8 Å². The molecule has 0 amide bonds. The van der Waals surface area contributed by atoms with E-state index in [0.29, 0.717) is 10.0 Å². The molecule has 0 aliphatic heterocycles. The second kappa shape index (κ2) is 5.74. The molecule has 2 N–H and O–H groups in total. The Bertz CT molecular complexity index is 537. The largest absolute Gasteiger partial charge is 0.327 e. The van der Waals surface area contributed by atoms with Gasteiger partial charge in [-0.15, -0.1) is 0 Å². The van der Waals surface area contributed by atoms with Crippen LogP contribution in [-0.4, -0.2) is 15.8 Å². The highest BCUT2D eigenvalue weighted by molar-refractivity contribution is 6.32. The Morgan fingerprint density at radius 2 is 2.17 bits per heavy atom. The zero-order valence-corrected chi connectivity index (χ0v) is 11.6. The van der Waals surface area contributed by atoms with Gasteiger partial charge in [-0.1, -0.05) is 36.2 Å². The number of benzene rings is 1. The Balaban J connectivity index is 2.25. The van der Waals surface area contributed by atoms with Crippen LogP contribution in [0.2, 0.25) is 10.0 Å². The van der Waals surface area contributed by atoms with Gasteiger partial charge in [-0.25, -0.2) is 4.68 Å². The predicted molar refractivity (Wildman–Crippen MR) is 75.6 cm³/mol. The van der Waals surface area contributed by atoms with Crippen LogP contribution in [0.4, 0.5) is 0 Å². The van der Waals surface area contributed by atoms with Crippen LogP contribution in [-0.2, 0) is 6.42 Å². The lowest BCUT2D eigenvalue weighted by Gasteiger charge is -2.10. The van der Waals surface area contributed by atoms with Gasteiger partial charge in [0, 0.05) is 12.2 Å². The van der Waals surface area contributed by atoms with Crippen molar-refractivity contribution in [3.63, 3.8) is 0 Å². The lowest BCUT2D eigenvalue weighted by atomic mass is 10.0. The second-order valence-electron chi connectivity index (χ2n) is 4.26. The molecule has 3 nitrogen and oxygen atoms in total. The zero-order chi connectivity index (χ0) is 13.1. The van der Waals surface area contributed by atoms with Crippen molar-refractivity contribution >= 4 is 23.2 Å². The minimum absolute atomic E-state index is 0.172. The molecule has 96 valence electrons. The molecular formula is C13H15Cl2N3. The summed E-state index contributed by atoms with van der Waals surface area (Å²) in [6.07, 6.45) is 5.09. The van der Waals surface area contributed by atoms with E-state index in [0.717, 1.165) is 24.1 Å². The van der Waals surface area contributed by atoms with Gasteiger partial charge >= 0.3 is 0 Å². The molecule has 1 aromatic carbocycles. The van der Waals surface area contributed by atoms with Gasteiger partial charge in [-0.05, 0) is 30.5 Å². The molecule has 0 aliphatic carbocycles. The Kier molecular flexibility index (Phi) is 4.27. The molecule has 0 fully saturated rings. The molecule has 0 saturated heterocycles. The van der Waals surface area contributed by atoms with Crippen molar-refractivity contribution in [2.24, 2.45) is 5.73 Å². The molecule has 0 spiro atoms. The predicted octanol–water partition coefficient (Wildman–Crippen LogP) is 3.46. The van der Waals surface area contributed by atoms with Gasteiger partial charge in [0.1, 0.15) is 0 Å². The Labute approximate surface area is 117 Å². The molecule has 5 heteroatoms. The van der Waals surface area contributed by atoms with Crippen LogP contribution in [0.15, 0.2) is 30.6 Å². The van der Waals surface area contributed by atoms with E-state index in [4.69, 9.17) is 28.9 Å². The summed E-state index contributed by atoms with van der Waals surface area (Å²) < 4.78 is 1.66. The third-order valence-electron chi connectivity index (χ3n) is 2.83. The normalized spacial score (nSPS) is 12.7. The first-order valence-electron chi connectivity index (χ1n) is 5.84. The van der Waals surface area contributed by atoms with E-state index in [1.54, 1.807) is 17.1 Å². The fraction of sp³-hybridized carbons (Fsp3) is 0.308. The quantitative estimate of drug-likeness (QED) is 0.934. The Morgan fingerprint density at radius 1 is 1.39 bits per heavy atom. The van der Waals surface area contributed by atoms with Crippen molar-refractivity contribution in [1.82, 2.24) is 9.78 Å². The third-order valence-corrected chi connectivity index (χ3v) is 3.33. The van der Waals surface area contributed by atoms with Gasteiger partial charge < -0.3 is 5.73 Å². The van der Waals surface area contributed by atoms with E-state index < -0.39 is 0 Å². The van der Waals surface area contributed by atoms with Gasteiger partial charge in [0.15, 0.2) is 0 Å². The second-order valence-corrected chi connectivity index (χ2v) is 5.10. The molecule has 1 unspecified atom stereocenters. The van der Waals surface area contributed by atoms with E-state index in [-0.39, 0.29) is 6.04 Å². The molecule has 0 radical (unpaired) electrons. The molecule has 2 rings (SSSR count). The monoisotopic (exact) mass is 283 g/mol. The SMILES string of the molecule is CCC(N)Cc1ccc(-n2cc(Cl)cn2)c(Cl)c1. The molecular weight excluding hydrogens is 269 g/mol. The summed E-state index contributed by atoms with van der Waals surface area (Å²) in [5.41, 5.74) is 7.88. The standard InChI is InChI=1S/C13H15Cl2N3/c1-2-11(16)5-9-3-4-13(12(15)6-9)18-8-10(14)7-17-18/h3-4,6-8,11H,2,5,16H2,1H3. The molecule has 1 heterocycles. The summed E-state index contributed by atoms with van der Waals surface area (Å²) in [6, 6.07) is 6.06. The van der Waals surface area contributed by atoms with Crippen LogP contribution in [0.5, 0.6) is 0 Å². The topological polar surface area (TPSA) is 43.8 Å². The van der Waals surface area contributed by atoms with Crippen LogP contribution in [0.3, 0.4) is 0 Å². The number of rotatable bonds is 4. The Morgan fingerprint density at radius 3 is 2.72 bits per heavy atom. The van der Waals surface area contributed by atoms with Crippen molar-refractivity contribution < 1.29 is 0 Å². The smallest absolute Gasteiger partial charge is 0.0832 e. The highest BCUT2D eigenvalue weighted by atomic mass is 35.5. The van der Waals surface area contributed by atoms with Crippen LogP contribution in [0.25, 0.3) is 5.69 Å². The van der Waals surface area contributed by atoms with Gasteiger partial charge in [0.05, 0.1) is 21.9 Å². The van der Waals surface area contributed by atoms with E-state index in [2.05, 4.69) is 12.0 Å². The highest BCUT2D eigenvalue weighted by Crippen LogP contribution is 2.23. The number of aromatic nitrogens is 2. The van der Waals surface area contributed by atoms with Gasteiger partial charge in [0.25, 0.3) is 0 Å². The average Bonchev–Trinajstić information content (AvgIpc) is 2.75. The van der Waals surface area contributed by atoms with E-state index in [1.807, 2.05) is 18.2 Å². The van der Waals surface area contributed by atoms with Gasteiger partial charge in [-0.2, -0.15) is 5.10 Å². The summed E-state index contributed by atoms with van der Waals surface area (Å²) >= 11 is 12.1. The fourth-order valence-electron chi connectivity index (χ4n) is 1.74. The van der Waals surface area contributed by atoms with Gasteiger partial charge in [-0.3, -0.25) is 0 Å². The minimum atomic E-state index is 0.172. The number of halogens is 2. The van der Waals surface area contributed by atoms with Gasteiger partial charge in [0.2, 0.25) is 0 Å². The van der Waals surface area contributed by atoms with Crippen molar-refractivity contribution in [3.8, 4) is 5.69 Å². The maximum atomic E-state index is 6.26. The number of hydrogen-bond acceptors (Lipinski definition) is 2. The van der Waals surface area contributed by atoms with Crippen LogP contribution >= 0.6 is 23.2 Å². The number of nitrogens with zero attached hydrogens (tertiary/aromatic N) is 2. The third kappa shape index (κ3) is 3.05. The molecule has 1 atom stereocenters. The van der Waals surface area contributed by atoms with E-state index >= 15 is 0 Å². The van der Waals surface area contributed by atoms with Crippen LogP contribution in [0.1, 0.15) is 18.9 Å². The highest BCUT2D eigenvalue weighted by Gasteiger charge is 2.07. The molecule has 18 heavy (non-hydrogen) atoms. The summed E-state index contributed by atoms with van der Waals surface area (Å²) in [4.78, 5) is 0. The first kappa shape index (κ1) is 13.4. The lowest BCUT2D eigenvalue weighted by Crippen LogP contribution is -2.21. The van der Waals surface area contributed by atoms with Crippen molar-refractivity contribution in [3.05, 3.63) is 46.2 Å². The molecule has 0 saturated carbocycles. The van der Waals surface area contributed by atoms with Crippen molar-refractivity contribution in [2.75, 3.05) is 0 Å². The zero-order valence-electron chi connectivity index (χ0n) is 10.1. The summed E-state index contributed by atoms with van der Waals surface area (Å²) in [6.45, 7) is 2.08. The minimum Gasteiger partial charge on any atom is -0.327 e.